The van der Waals surface area contributed by atoms with Crippen LogP contribution in [0.1, 0.15) is 62.3 Å². The third kappa shape index (κ3) is 6.34. The number of nitrogens with one attached hydrogen (secondary N) is 1. The highest BCUT2D eigenvalue weighted by Crippen LogP contribution is 2.27. The number of carbonyl (C=O) groups excluding carboxylic acids is 1. The van der Waals surface area contributed by atoms with E-state index in [9.17, 15) is 13.2 Å². The van der Waals surface area contributed by atoms with Crippen LogP contribution in [0.25, 0.3) is 0 Å². The standard InChI is InChI=1S/C30H37N3O3S/c1-22(2)25-9-15-28(16-10-25)33(37(35,36)29-17-7-23(3)8-18-29)21-30(34)31-24(4)26-11-13-27(14-12-26)32-19-5-6-20-32/h7-18,22,24H,5-6,19-21H2,1-4H3,(H,31,34). The van der Waals surface area contributed by atoms with Gasteiger partial charge in [0.15, 0.2) is 0 Å². The summed E-state index contributed by atoms with van der Waals surface area (Å²) in [6, 6.07) is 22.1. The van der Waals surface area contributed by atoms with Gasteiger partial charge in [-0.05, 0) is 80.1 Å². The summed E-state index contributed by atoms with van der Waals surface area (Å²) in [6.07, 6.45) is 2.44. The topological polar surface area (TPSA) is 69.7 Å². The van der Waals surface area contributed by atoms with Crippen LogP contribution in [0.5, 0.6) is 0 Å². The predicted octanol–water partition coefficient (Wildman–Crippen LogP) is 5.79. The van der Waals surface area contributed by atoms with E-state index in [1.165, 1.54) is 22.8 Å². The molecule has 0 aromatic heterocycles. The van der Waals surface area contributed by atoms with E-state index in [0.717, 1.165) is 29.8 Å². The smallest absolute Gasteiger partial charge is 0.264 e. The van der Waals surface area contributed by atoms with E-state index in [4.69, 9.17) is 0 Å². The van der Waals surface area contributed by atoms with Crippen LogP contribution in [-0.2, 0) is 14.8 Å². The van der Waals surface area contributed by atoms with Crippen molar-refractivity contribution in [3.8, 4) is 0 Å². The maximum absolute atomic E-state index is 13.7. The predicted molar refractivity (Wildman–Crippen MR) is 151 cm³/mol. The molecule has 1 N–H and O–H groups in total. The van der Waals surface area contributed by atoms with Crippen molar-refractivity contribution in [1.82, 2.24) is 5.32 Å². The first-order valence-electron chi connectivity index (χ1n) is 13.0. The molecule has 1 aliphatic heterocycles. The number of nitrogens with zero attached hydrogens (tertiary/aromatic N) is 2. The molecule has 7 heteroatoms. The van der Waals surface area contributed by atoms with Gasteiger partial charge in [0.2, 0.25) is 5.91 Å². The Morgan fingerprint density at radius 1 is 0.865 bits per heavy atom. The average Bonchev–Trinajstić information content (AvgIpc) is 3.43. The van der Waals surface area contributed by atoms with Crippen LogP contribution < -0.4 is 14.5 Å². The molecule has 3 aromatic carbocycles. The molecular formula is C30H37N3O3S. The van der Waals surface area contributed by atoms with Gasteiger partial charge in [0.1, 0.15) is 6.54 Å². The van der Waals surface area contributed by atoms with E-state index in [0.29, 0.717) is 11.6 Å². The molecule has 3 aromatic rings. The van der Waals surface area contributed by atoms with Crippen molar-refractivity contribution in [2.45, 2.75) is 57.4 Å². The second kappa shape index (κ2) is 11.4. The van der Waals surface area contributed by atoms with Crippen LogP contribution in [0.3, 0.4) is 0 Å². The van der Waals surface area contributed by atoms with Gasteiger partial charge in [0.05, 0.1) is 16.6 Å². The number of carbonyl (C=O) groups is 1. The van der Waals surface area contributed by atoms with Crippen LogP contribution in [0, 0.1) is 6.92 Å². The fraction of sp³-hybridized carbons (Fsp3) is 0.367. The summed E-state index contributed by atoms with van der Waals surface area (Å²) in [7, 11) is -3.95. The molecule has 37 heavy (non-hydrogen) atoms. The number of sulfonamides is 1. The van der Waals surface area contributed by atoms with Crippen molar-refractivity contribution in [2.75, 3.05) is 28.8 Å². The molecule has 1 saturated heterocycles. The van der Waals surface area contributed by atoms with E-state index in [1.54, 1.807) is 36.4 Å². The van der Waals surface area contributed by atoms with Crippen LogP contribution >= 0.6 is 0 Å². The molecule has 196 valence electrons. The highest BCUT2D eigenvalue weighted by atomic mass is 32.2. The molecule has 1 fully saturated rings. The highest BCUT2D eigenvalue weighted by molar-refractivity contribution is 7.92. The Bertz CT molecular complexity index is 1300. The number of rotatable bonds is 9. The molecule has 1 unspecified atom stereocenters. The molecule has 0 spiro atoms. The molecule has 0 radical (unpaired) electrons. The number of anilines is 2. The Morgan fingerprint density at radius 2 is 1.43 bits per heavy atom. The number of benzene rings is 3. The van der Waals surface area contributed by atoms with Gasteiger partial charge in [-0.3, -0.25) is 9.10 Å². The third-order valence-electron chi connectivity index (χ3n) is 6.99. The number of aryl methyl sites for hydroxylation is 1. The summed E-state index contributed by atoms with van der Waals surface area (Å²) in [5.74, 6) is -0.0445. The zero-order chi connectivity index (χ0) is 26.6. The summed E-state index contributed by atoms with van der Waals surface area (Å²) in [6.45, 7) is 9.84. The second-order valence-electron chi connectivity index (χ2n) is 10.1. The Balaban J connectivity index is 1.53. The molecule has 0 saturated carbocycles. The lowest BCUT2D eigenvalue weighted by atomic mass is 10.0. The van der Waals surface area contributed by atoms with Gasteiger partial charge >= 0.3 is 0 Å². The summed E-state index contributed by atoms with van der Waals surface area (Å²) in [4.78, 5) is 15.7. The maximum atomic E-state index is 13.7. The van der Waals surface area contributed by atoms with Crippen LogP contribution in [0.15, 0.2) is 77.7 Å². The van der Waals surface area contributed by atoms with E-state index in [1.807, 2.05) is 38.1 Å². The molecule has 1 atom stereocenters. The molecule has 0 aliphatic carbocycles. The lowest BCUT2D eigenvalue weighted by Crippen LogP contribution is -2.41. The Morgan fingerprint density at radius 3 is 2.00 bits per heavy atom. The largest absolute Gasteiger partial charge is 0.372 e. The lowest BCUT2D eigenvalue weighted by molar-refractivity contribution is -0.120. The molecule has 1 amide bonds. The lowest BCUT2D eigenvalue weighted by Gasteiger charge is -2.26. The van der Waals surface area contributed by atoms with Crippen molar-refractivity contribution in [3.05, 3.63) is 89.5 Å². The summed E-state index contributed by atoms with van der Waals surface area (Å²) >= 11 is 0. The van der Waals surface area contributed by atoms with Gasteiger partial charge < -0.3 is 10.2 Å². The SMILES string of the molecule is Cc1ccc(S(=O)(=O)N(CC(=O)NC(C)c2ccc(N3CCCC3)cc2)c2ccc(C(C)C)cc2)cc1. The Labute approximate surface area is 221 Å². The van der Waals surface area contributed by atoms with Gasteiger partial charge in [-0.1, -0.05) is 55.8 Å². The molecule has 1 heterocycles. The summed E-state index contributed by atoms with van der Waals surface area (Å²) < 4.78 is 28.5. The fourth-order valence-electron chi connectivity index (χ4n) is 4.63. The van der Waals surface area contributed by atoms with E-state index in [-0.39, 0.29) is 23.4 Å². The average molecular weight is 520 g/mol. The summed E-state index contributed by atoms with van der Waals surface area (Å²) in [5.41, 5.74) is 4.70. The summed E-state index contributed by atoms with van der Waals surface area (Å²) in [5, 5.41) is 2.99. The zero-order valence-electron chi connectivity index (χ0n) is 22.1. The third-order valence-corrected chi connectivity index (χ3v) is 8.77. The zero-order valence-corrected chi connectivity index (χ0v) is 23.0. The van der Waals surface area contributed by atoms with Crippen molar-refractivity contribution in [2.24, 2.45) is 0 Å². The molecule has 1 aliphatic rings. The highest BCUT2D eigenvalue weighted by Gasteiger charge is 2.28. The quantitative estimate of drug-likeness (QED) is 0.388. The minimum Gasteiger partial charge on any atom is -0.372 e. The minimum absolute atomic E-state index is 0.157. The van der Waals surface area contributed by atoms with Gasteiger partial charge in [0.25, 0.3) is 10.0 Å². The maximum Gasteiger partial charge on any atom is 0.264 e. The van der Waals surface area contributed by atoms with Crippen molar-refractivity contribution in [3.63, 3.8) is 0 Å². The molecule has 6 nitrogen and oxygen atoms in total. The normalized spacial score (nSPS) is 14.6. The first kappa shape index (κ1) is 26.7. The Hall–Kier alpha value is -3.32. The van der Waals surface area contributed by atoms with Crippen molar-refractivity contribution in [1.29, 1.82) is 0 Å². The van der Waals surface area contributed by atoms with Crippen LogP contribution in [0.2, 0.25) is 0 Å². The van der Waals surface area contributed by atoms with E-state index >= 15 is 0 Å². The number of hydrogen-bond donors (Lipinski definition) is 1. The van der Waals surface area contributed by atoms with E-state index < -0.39 is 10.0 Å². The van der Waals surface area contributed by atoms with Crippen molar-refractivity contribution < 1.29 is 13.2 Å². The van der Waals surface area contributed by atoms with E-state index in [2.05, 4.69) is 36.2 Å². The van der Waals surface area contributed by atoms with Gasteiger partial charge in [-0.25, -0.2) is 8.42 Å². The fourth-order valence-corrected chi connectivity index (χ4v) is 6.05. The van der Waals surface area contributed by atoms with Gasteiger partial charge in [-0.15, -0.1) is 0 Å². The first-order chi connectivity index (χ1) is 17.6. The first-order valence-corrected chi connectivity index (χ1v) is 14.4. The second-order valence-corrected chi connectivity index (χ2v) is 12.0. The molecular weight excluding hydrogens is 482 g/mol. The van der Waals surface area contributed by atoms with Gasteiger partial charge in [0, 0.05) is 18.8 Å². The molecule has 0 bridgehead atoms. The Kier molecular flexibility index (Phi) is 8.22. The monoisotopic (exact) mass is 519 g/mol. The minimum atomic E-state index is -3.95. The molecule has 4 rings (SSSR count). The van der Waals surface area contributed by atoms with Crippen LogP contribution in [-0.4, -0.2) is 34.0 Å². The number of hydrogen-bond acceptors (Lipinski definition) is 4. The van der Waals surface area contributed by atoms with Gasteiger partial charge in [-0.2, -0.15) is 0 Å². The van der Waals surface area contributed by atoms with Crippen molar-refractivity contribution >= 4 is 27.3 Å². The number of amides is 1. The van der Waals surface area contributed by atoms with Crippen LogP contribution in [0.4, 0.5) is 11.4 Å².